The SMILES string of the molecule is COc1ccc(C(=O)NCC(N)c2ccc(C(C)C)cc2)cc1N1CCNC1=O. The van der Waals surface area contributed by atoms with Crippen molar-refractivity contribution in [2.45, 2.75) is 25.8 Å². The molecule has 3 rings (SSSR count). The monoisotopic (exact) mass is 396 g/mol. The number of nitrogens with one attached hydrogen (secondary N) is 2. The molecule has 1 saturated heterocycles. The molecule has 7 heteroatoms. The second kappa shape index (κ2) is 8.96. The summed E-state index contributed by atoms with van der Waals surface area (Å²) in [5, 5.41) is 5.63. The van der Waals surface area contributed by atoms with Gasteiger partial charge < -0.3 is 21.1 Å². The van der Waals surface area contributed by atoms with Crippen molar-refractivity contribution in [1.29, 1.82) is 0 Å². The Morgan fingerprint density at radius 2 is 1.90 bits per heavy atom. The summed E-state index contributed by atoms with van der Waals surface area (Å²) in [6.45, 7) is 5.68. The largest absolute Gasteiger partial charge is 0.495 e. The van der Waals surface area contributed by atoms with E-state index in [-0.39, 0.29) is 18.0 Å². The van der Waals surface area contributed by atoms with Gasteiger partial charge in [0.15, 0.2) is 0 Å². The van der Waals surface area contributed by atoms with E-state index in [2.05, 4.69) is 36.6 Å². The number of hydrogen-bond acceptors (Lipinski definition) is 4. The summed E-state index contributed by atoms with van der Waals surface area (Å²) in [4.78, 5) is 26.2. The molecular formula is C22H28N4O3. The van der Waals surface area contributed by atoms with Crippen LogP contribution in [-0.4, -0.2) is 38.7 Å². The van der Waals surface area contributed by atoms with Crippen LogP contribution in [0.25, 0.3) is 0 Å². The van der Waals surface area contributed by atoms with Crippen molar-refractivity contribution in [1.82, 2.24) is 10.6 Å². The number of nitrogens with two attached hydrogens (primary N) is 1. The quantitative estimate of drug-likeness (QED) is 0.670. The van der Waals surface area contributed by atoms with Crippen molar-refractivity contribution < 1.29 is 14.3 Å². The lowest BCUT2D eigenvalue weighted by Crippen LogP contribution is -2.32. The molecule has 1 unspecified atom stereocenters. The van der Waals surface area contributed by atoms with Crippen molar-refractivity contribution in [3.05, 3.63) is 59.2 Å². The third-order valence-electron chi connectivity index (χ3n) is 5.10. The van der Waals surface area contributed by atoms with Gasteiger partial charge in [-0.1, -0.05) is 38.1 Å². The Bertz CT molecular complexity index is 880. The van der Waals surface area contributed by atoms with E-state index in [4.69, 9.17) is 10.5 Å². The van der Waals surface area contributed by atoms with Crippen molar-refractivity contribution >= 4 is 17.6 Å². The number of rotatable bonds is 7. The number of methoxy groups -OCH3 is 1. The Morgan fingerprint density at radius 1 is 1.21 bits per heavy atom. The van der Waals surface area contributed by atoms with Crippen molar-refractivity contribution in [3.8, 4) is 5.75 Å². The highest BCUT2D eigenvalue weighted by atomic mass is 16.5. The molecule has 2 aromatic carbocycles. The number of amides is 3. The molecule has 1 atom stereocenters. The molecule has 0 saturated carbocycles. The zero-order chi connectivity index (χ0) is 21.0. The molecule has 154 valence electrons. The number of carbonyl (C=O) groups excluding carboxylic acids is 2. The number of carbonyl (C=O) groups is 2. The van der Waals surface area contributed by atoms with Crippen LogP contribution < -0.4 is 26.0 Å². The summed E-state index contributed by atoms with van der Waals surface area (Å²) in [5.41, 5.74) is 9.49. The van der Waals surface area contributed by atoms with Crippen LogP contribution in [-0.2, 0) is 0 Å². The molecule has 0 spiro atoms. The maximum atomic E-state index is 12.6. The number of benzene rings is 2. The molecule has 1 aliphatic heterocycles. The Hall–Kier alpha value is -3.06. The molecule has 29 heavy (non-hydrogen) atoms. The maximum Gasteiger partial charge on any atom is 0.322 e. The standard InChI is InChI=1S/C22H28N4O3/c1-14(2)15-4-6-16(7-5-15)18(23)13-25-21(27)17-8-9-20(29-3)19(12-17)26-11-10-24-22(26)28/h4-9,12,14,18H,10-11,13,23H2,1-3H3,(H,24,28)(H,25,27). The zero-order valence-corrected chi connectivity index (χ0v) is 17.1. The van der Waals surface area contributed by atoms with Gasteiger partial charge in [-0.2, -0.15) is 0 Å². The lowest BCUT2D eigenvalue weighted by Gasteiger charge is -2.19. The van der Waals surface area contributed by atoms with Gasteiger partial charge in [-0.3, -0.25) is 9.69 Å². The highest BCUT2D eigenvalue weighted by Gasteiger charge is 2.25. The first-order chi connectivity index (χ1) is 13.9. The van der Waals surface area contributed by atoms with Gasteiger partial charge >= 0.3 is 6.03 Å². The summed E-state index contributed by atoms with van der Waals surface area (Å²) < 4.78 is 5.35. The molecule has 4 N–H and O–H groups in total. The molecule has 1 fully saturated rings. The van der Waals surface area contributed by atoms with Gasteiger partial charge in [-0.25, -0.2) is 4.79 Å². The Labute approximate surface area is 171 Å². The van der Waals surface area contributed by atoms with Crippen molar-refractivity contribution in [2.24, 2.45) is 5.73 Å². The van der Waals surface area contributed by atoms with E-state index >= 15 is 0 Å². The zero-order valence-electron chi connectivity index (χ0n) is 17.1. The number of anilines is 1. The fourth-order valence-electron chi connectivity index (χ4n) is 3.29. The highest BCUT2D eigenvalue weighted by molar-refractivity contribution is 5.99. The van der Waals surface area contributed by atoms with Gasteiger partial charge in [-0.05, 0) is 35.2 Å². The molecular weight excluding hydrogens is 368 g/mol. The minimum Gasteiger partial charge on any atom is -0.495 e. The van der Waals surface area contributed by atoms with Gasteiger partial charge in [0.25, 0.3) is 5.91 Å². The summed E-state index contributed by atoms with van der Waals surface area (Å²) >= 11 is 0. The Morgan fingerprint density at radius 3 is 2.48 bits per heavy atom. The van der Waals surface area contributed by atoms with Gasteiger partial charge in [0, 0.05) is 31.2 Å². The van der Waals surface area contributed by atoms with Gasteiger partial charge in [0.1, 0.15) is 5.75 Å². The van der Waals surface area contributed by atoms with E-state index in [1.165, 1.54) is 12.7 Å². The van der Waals surface area contributed by atoms with Crippen molar-refractivity contribution in [3.63, 3.8) is 0 Å². The molecule has 2 aromatic rings. The molecule has 0 radical (unpaired) electrons. The van der Waals surface area contributed by atoms with E-state index in [1.807, 2.05) is 12.1 Å². The maximum absolute atomic E-state index is 12.6. The average molecular weight is 396 g/mol. The topological polar surface area (TPSA) is 96.7 Å². The Balaban J connectivity index is 1.68. The van der Waals surface area contributed by atoms with Crippen LogP contribution >= 0.6 is 0 Å². The van der Waals surface area contributed by atoms with Crippen molar-refractivity contribution in [2.75, 3.05) is 31.6 Å². The minimum absolute atomic E-state index is 0.201. The summed E-state index contributed by atoms with van der Waals surface area (Å²) in [5.74, 6) is 0.755. The smallest absolute Gasteiger partial charge is 0.322 e. The fourth-order valence-corrected chi connectivity index (χ4v) is 3.29. The molecule has 0 aliphatic carbocycles. The van der Waals surface area contributed by atoms with E-state index in [1.54, 1.807) is 23.1 Å². The second-order valence-electron chi connectivity index (χ2n) is 7.41. The fraction of sp³-hybridized carbons (Fsp3) is 0.364. The number of ether oxygens (including phenoxy) is 1. The normalized spacial score (nSPS) is 14.7. The van der Waals surface area contributed by atoms with Crippen LogP contribution in [0.3, 0.4) is 0 Å². The van der Waals surface area contributed by atoms with E-state index in [9.17, 15) is 9.59 Å². The summed E-state index contributed by atoms with van der Waals surface area (Å²) in [7, 11) is 1.54. The Kier molecular flexibility index (Phi) is 6.39. The first-order valence-electron chi connectivity index (χ1n) is 9.77. The van der Waals surface area contributed by atoms with Gasteiger partial charge in [0.2, 0.25) is 0 Å². The molecule has 1 aliphatic rings. The first-order valence-corrected chi connectivity index (χ1v) is 9.77. The van der Waals surface area contributed by atoms with E-state index in [0.717, 1.165) is 5.56 Å². The van der Waals surface area contributed by atoms with E-state index < -0.39 is 0 Å². The third kappa shape index (κ3) is 4.68. The molecule has 7 nitrogen and oxygen atoms in total. The number of urea groups is 1. The predicted molar refractivity (Wildman–Crippen MR) is 114 cm³/mol. The third-order valence-corrected chi connectivity index (χ3v) is 5.10. The number of nitrogens with zero attached hydrogens (tertiary/aromatic N) is 1. The molecule has 3 amide bonds. The van der Waals surface area contributed by atoms with Crippen LogP contribution in [0.15, 0.2) is 42.5 Å². The van der Waals surface area contributed by atoms with Gasteiger partial charge in [0.05, 0.1) is 12.8 Å². The van der Waals surface area contributed by atoms with Crippen LogP contribution in [0.5, 0.6) is 5.75 Å². The summed E-state index contributed by atoms with van der Waals surface area (Å²) in [6.07, 6.45) is 0. The average Bonchev–Trinajstić information content (AvgIpc) is 3.16. The minimum atomic E-state index is -0.303. The van der Waals surface area contributed by atoms with Crippen LogP contribution in [0, 0.1) is 0 Å². The van der Waals surface area contributed by atoms with Crippen LogP contribution in [0.1, 0.15) is 47.3 Å². The highest BCUT2D eigenvalue weighted by Crippen LogP contribution is 2.30. The molecule has 1 heterocycles. The molecule has 0 bridgehead atoms. The van der Waals surface area contributed by atoms with Crippen LogP contribution in [0.2, 0.25) is 0 Å². The second-order valence-corrected chi connectivity index (χ2v) is 7.41. The van der Waals surface area contributed by atoms with E-state index in [0.29, 0.717) is 42.6 Å². The first kappa shape index (κ1) is 20.7. The lowest BCUT2D eigenvalue weighted by atomic mass is 9.99. The van der Waals surface area contributed by atoms with Crippen LogP contribution in [0.4, 0.5) is 10.5 Å². The molecule has 0 aromatic heterocycles. The number of hydrogen-bond donors (Lipinski definition) is 3. The predicted octanol–water partition coefficient (Wildman–Crippen LogP) is 2.78. The summed E-state index contributed by atoms with van der Waals surface area (Å²) in [6, 6.07) is 12.7. The van der Waals surface area contributed by atoms with Gasteiger partial charge in [-0.15, -0.1) is 0 Å². The lowest BCUT2D eigenvalue weighted by molar-refractivity contribution is 0.0951.